The van der Waals surface area contributed by atoms with Gasteiger partial charge in [0.15, 0.2) is 0 Å². The van der Waals surface area contributed by atoms with Gasteiger partial charge >= 0.3 is 5.97 Å². The predicted octanol–water partition coefficient (Wildman–Crippen LogP) is 7.82. The second-order valence-electron chi connectivity index (χ2n) is 11.3. The Morgan fingerprint density at radius 2 is 1.58 bits per heavy atom. The Morgan fingerprint density at radius 3 is 2.39 bits per heavy atom. The first kappa shape index (κ1) is 26.2. The van der Waals surface area contributed by atoms with Gasteiger partial charge in [0.05, 0.1) is 16.9 Å². The summed E-state index contributed by atoms with van der Waals surface area (Å²) in [5, 5.41) is 10.8. The molecule has 0 saturated heterocycles. The van der Waals surface area contributed by atoms with Crippen molar-refractivity contribution in [2.45, 2.75) is 89.9 Å². The number of nitrogens with one attached hydrogen (secondary N) is 3. The normalized spacial score (nSPS) is 21.4. The molecule has 5 rings (SSSR count). The Hall–Kier alpha value is -3.39. The van der Waals surface area contributed by atoms with Crippen molar-refractivity contribution in [2.75, 3.05) is 5.43 Å². The molecule has 3 aromatic rings. The maximum Gasteiger partial charge on any atom is 0.335 e. The Bertz CT molecular complexity index is 1300. The summed E-state index contributed by atoms with van der Waals surface area (Å²) in [6, 6.07) is 17.2. The van der Waals surface area contributed by atoms with Gasteiger partial charge < -0.3 is 10.1 Å². The molecular weight excluding hydrogens is 470 g/mol. The first-order chi connectivity index (χ1) is 18.7. The molecule has 2 aromatic carbocycles. The van der Waals surface area contributed by atoms with Crippen molar-refractivity contribution in [1.29, 1.82) is 0 Å². The van der Waals surface area contributed by atoms with Gasteiger partial charge in [-0.1, -0.05) is 82.4 Å². The van der Waals surface area contributed by atoms with Gasteiger partial charge in [0.25, 0.3) is 0 Å². The van der Waals surface area contributed by atoms with Gasteiger partial charge in [-0.3, -0.25) is 10.9 Å². The molecule has 0 spiro atoms. The number of benzene rings is 2. The zero-order chi connectivity index (χ0) is 26.2. The lowest BCUT2D eigenvalue weighted by Crippen LogP contribution is -2.21. The van der Waals surface area contributed by atoms with E-state index >= 15 is 0 Å². The van der Waals surface area contributed by atoms with Crippen molar-refractivity contribution in [3.63, 3.8) is 0 Å². The van der Waals surface area contributed by atoms with E-state index in [1.165, 1.54) is 87.1 Å². The number of aromatic carboxylic acids is 1. The lowest BCUT2D eigenvalue weighted by molar-refractivity contribution is 0.0697. The van der Waals surface area contributed by atoms with E-state index in [9.17, 15) is 9.90 Å². The largest absolute Gasteiger partial charge is 0.478 e. The number of para-hydroxylation sites is 1. The van der Waals surface area contributed by atoms with E-state index < -0.39 is 5.97 Å². The van der Waals surface area contributed by atoms with Crippen LogP contribution in [0, 0.1) is 23.8 Å². The van der Waals surface area contributed by atoms with Crippen molar-refractivity contribution >= 4 is 22.6 Å². The monoisotopic (exact) mass is 511 g/mol. The molecule has 1 saturated carbocycles. The number of hydrogen-bond donors (Lipinski definition) is 4. The summed E-state index contributed by atoms with van der Waals surface area (Å²) in [5.74, 6) is 3.91. The number of H-pyrrole nitrogens is 1. The third-order valence-corrected chi connectivity index (χ3v) is 8.54. The van der Waals surface area contributed by atoms with E-state index in [4.69, 9.17) is 0 Å². The number of hydrazine groups is 1. The first-order valence-electron chi connectivity index (χ1n) is 14.7. The molecular formula is C33H41N3O2. The Kier molecular flexibility index (Phi) is 8.91. The average Bonchev–Trinajstić information content (AvgIpc) is 3.34. The number of carboxylic acids is 1. The van der Waals surface area contributed by atoms with E-state index in [0.717, 1.165) is 42.4 Å². The molecule has 200 valence electrons. The minimum atomic E-state index is -0.910. The van der Waals surface area contributed by atoms with Gasteiger partial charge in [0.1, 0.15) is 0 Å². The van der Waals surface area contributed by atoms with Gasteiger partial charge in [0, 0.05) is 16.9 Å². The maximum atomic E-state index is 11.7. The van der Waals surface area contributed by atoms with Crippen LogP contribution in [0.5, 0.6) is 0 Å². The summed E-state index contributed by atoms with van der Waals surface area (Å²) in [4.78, 5) is 15.2. The van der Waals surface area contributed by atoms with Gasteiger partial charge in [-0.05, 0) is 78.8 Å². The fraction of sp³-hybridized carbons (Fsp3) is 0.485. The second kappa shape index (κ2) is 12.9. The molecule has 2 aliphatic rings. The zero-order valence-corrected chi connectivity index (χ0v) is 22.5. The molecule has 2 unspecified atom stereocenters. The number of anilines is 1. The molecule has 2 atom stereocenters. The van der Waals surface area contributed by atoms with Crippen molar-refractivity contribution in [3.8, 4) is 12.0 Å². The van der Waals surface area contributed by atoms with E-state index in [-0.39, 0.29) is 0 Å². The highest BCUT2D eigenvalue weighted by molar-refractivity contribution is 5.89. The average molecular weight is 512 g/mol. The molecule has 0 amide bonds. The highest BCUT2D eigenvalue weighted by Crippen LogP contribution is 2.37. The predicted molar refractivity (Wildman–Crippen MR) is 155 cm³/mol. The van der Waals surface area contributed by atoms with Crippen molar-refractivity contribution in [1.82, 2.24) is 10.4 Å². The summed E-state index contributed by atoms with van der Waals surface area (Å²) in [6.07, 6.45) is 17.8. The number of fused-ring (bicyclic) bond motifs is 4. The Labute approximate surface area is 226 Å². The Morgan fingerprint density at radius 1 is 0.842 bits per heavy atom. The SMILES string of the molecule is O=C(O)c1cc2cc(c1)NNC#Cc1cc3cccc(c3[nH]1)CC1CCCCC1CCCCCCCCC2. The minimum absolute atomic E-state index is 0.300. The van der Waals surface area contributed by atoms with E-state index in [1.54, 1.807) is 12.1 Å². The Balaban J connectivity index is 1.36. The molecule has 4 bridgehead atoms. The van der Waals surface area contributed by atoms with Crippen LogP contribution in [0.1, 0.15) is 104 Å². The number of aromatic nitrogens is 1. The van der Waals surface area contributed by atoms with Gasteiger partial charge in [-0.15, -0.1) is 0 Å². The van der Waals surface area contributed by atoms with Gasteiger partial charge in [-0.25, -0.2) is 4.79 Å². The number of rotatable bonds is 1. The van der Waals surface area contributed by atoms with Crippen LogP contribution < -0.4 is 10.9 Å². The van der Waals surface area contributed by atoms with Crippen LogP contribution in [0.3, 0.4) is 0 Å². The quantitative estimate of drug-likeness (QED) is 0.251. The van der Waals surface area contributed by atoms with Crippen LogP contribution in [0.15, 0.2) is 42.5 Å². The zero-order valence-electron chi connectivity index (χ0n) is 22.5. The standard InChI is InChI=1S/C33H41N3O2/c37-33(38)29-19-24-11-6-4-2-1-3-5-7-12-25-13-8-9-14-26(25)21-27-15-10-16-28-22-30(35-32(27)28)17-18-34-36-31(20-24)23-29/h10,15-16,19-20,22-23,25-26,34-36H,1-9,11-14,21H2,(H,37,38). The fourth-order valence-electron chi connectivity index (χ4n) is 6.53. The van der Waals surface area contributed by atoms with Crippen molar-refractivity contribution < 1.29 is 9.90 Å². The third kappa shape index (κ3) is 6.92. The number of carboxylic acid groups (broad SMARTS) is 1. The van der Waals surface area contributed by atoms with Crippen molar-refractivity contribution in [2.24, 2.45) is 11.8 Å². The summed E-state index contributed by atoms with van der Waals surface area (Å²) in [6.45, 7) is 0. The maximum absolute atomic E-state index is 11.7. The summed E-state index contributed by atoms with van der Waals surface area (Å²) in [7, 11) is 0. The molecule has 5 nitrogen and oxygen atoms in total. The fourth-order valence-corrected chi connectivity index (χ4v) is 6.53. The number of aromatic amines is 1. The molecule has 4 N–H and O–H groups in total. The van der Waals surface area contributed by atoms with E-state index in [1.807, 2.05) is 6.07 Å². The van der Waals surface area contributed by atoms with Crippen LogP contribution in [0.25, 0.3) is 10.9 Å². The number of hydrogen-bond acceptors (Lipinski definition) is 3. The highest BCUT2D eigenvalue weighted by atomic mass is 16.4. The molecule has 5 heteroatoms. The topological polar surface area (TPSA) is 77.2 Å². The van der Waals surface area contributed by atoms with Crippen LogP contribution in [-0.4, -0.2) is 16.1 Å². The summed E-state index contributed by atoms with van der Waals surface area (Å²) >= 11 is 0. The van der Waals surface area contributed by atoms with Crippen LogP contribution >= 0.6 is 0 Å². The van der Waals surface area contributed by atoms with Crippen LogP contribution in [-0.2, 0) is 12.8 Å². The van der Waals surface area contributed by atoms with Crippen molar-refractivity contribution in [3.05, 3.63) is 64.8 Å². The number of carbonyl (C=O) groups is 1. The van der Waals surface area contributed by atoms with Crippen LogP contribution in [0.2, 0.25) is 0 Å². The molecule has 1 aromatic heterocycles. The summed E-state index contributed by atoms with van der Waals surface area (Å²) in [5.41, 5.74) is 11.6. The molecule has 0 radical (unpaired) electrons. The second-order valence-corrected chi connectivity index (χ2v) is 11.3. The molecule has 1 fully saturated rings. The molecule has 2 heterocycles. The lowest BCUT2D eigenvalue weighted by atomic mass is 9.74. The summed E-state index contributed by atoms with van der Waals surface area (Å²) < 4.78 is 0. The smallest absolute Gasteiger partial charge is 0.335 e. The first-order valence-corrected chi connectivity index (χ1v) is 14.7. The van der Waals surface area contributed by atoms with E-state index in [2.05, 4.69) is 52.1 Å². The number of aryl methyl sites for hydroxylation is 1. The van der Waals surface area contributed by atoms with Gasteiger partial charge in [-0.2, -0.15) is 0 Å². The molecule has 1 aliphatic heterocycles. The van der Waals surface area contributed by atoms with Crippen LogP contribution in [0.4, 0.5) is 5.69 Å². The van der Waals surface area contributed by atoms with Gasteiger partial charge in [0.2, 0.25) is 0 Å². The minimum Gasteiger partial charge on any atom is -0.478 e. The highest BCUT2D eigenvalue weighted by Gasteiger charge is 2.25. The third-order valence-electron chi connectivity index (χ3n) is 8.54. The molecule has 38 heavy (non-hydrogen) atoms. The van der Waals surface area contributed by atoms with E-state index in [0.29, 0.717) is 11.3 Å². The molecule has 1 aliphatic carbocycles. The lowest BCUT2D eigenvalue weighted by Gasteiger charge is -2.32.